The molecule has 7 rings (SSSR count). The first-order valence-corrected chi connectivity index (χ1v) is 15.1. The number of ketones is 2. The number of aromatic hydroxyl groups is 4. The first-order chi connectivity index (χ1) is 22.6. The zero-order valence-corrected chi connectivity index (χ0v) is 26.5. The molecule has 0 saturated heterocycles. The van der Waals surface area contributed by atoms with Crippen LogP contribution in [-0.2, 0) is 15.8 Å². The summed E-state index contributed by atoms with van der Waals surface area (Å²) in [5.41, 5.74) is -2.07. The first-order valence-electron chi connectivity index (χ1n) is 15.1. The first kappa shape index (κ1) is 30.9. The summed E-state index contributed by atoms with van der Waals surface area (Å²) in [5, 5.41) is 64.9. The van der Waals surface area contributed by atoms with E-state index in [4.69, 9.17) is 4.74 Å². The van der Waals surface area contributed by atoms with Crippen LogP contribution in [0.3, 0.4) is 0 Å². The van der Waals surface area contributed by atoms with Crippen molar-refractivity contribution in [1.29, 1.82) is 0 Å². The second-order valence-corrected chi connectivity index (χ2v) is 12.8. The van der Waals surface area contributed by atoms with Crippen LogP contribution in [0.1, 0.15) is 115 Å². The summed E-state index contributed by atoms with van der Waals surface area (Å²) in [6.45, 7) is 6.02. The monoisotopic (exact) mass is 650 g/mol. The lowest BCUT2D eigenvalue weighted by molar-refractivity contribution is -0.00179. The van der Waals surface area contributed by atoms with Crippen LogP contribution in [0.4, 0.5) is 0 Å². The number of benzene rings is 4. The fraction of sp³-hybridized carbons (Fsp3) is 0.243. The smallest absolute Gasteiger partial charge is 0.339 e. The number of carboxylic acid groups (broad SMARTS) is 2. The Morgan fingerprint density at radius 3 is 1.73 bits per heavy atom. The summed E-state index contributed by atoms with van der Waals surface area (Å²) < 4.78 is 6.27. The van der Waals surface area contributed by atoms with E-state index >= 15 is 0 Å². The number of methoxy groups -OCH3 is 1. The van der Waals surface area contributed by atoms with Gasteiger partial charge in [-0.3, -0.25) is 9.59 Å². The molecule has 48 heavy (non-hydrogen) atoms. The fourth-order valence-electron chi connectivity index (χ4n) is 8.61. The van der Waals surface area contributed by atoms with Gasteiger partial charge < -0.3 is 35.4 Å². The SMILES string of the molecule is COC12CC[C@@]3(c4cc(O)c(C(=O)O)c(C)c4C(=O)c4c3ccc(C)c4O)c3cc(C)c(O)c(c31)C(=O)c1c2cc(O)c(C(=O)O)c1C. The Morgan fingerprint density at radius 2 is 1.17 bits per heavy atom. The molecular weight excluding hydrogens is 620 g/mol. The van der Waals surface area contributed by atoms with Gasteiger partial charge in [-0.1, -0.05) is 18.2 Å². The molecule has 4 aromatic rings. The molecule has 0 radical (unpaired) electrons. The minimum atomic E-state index is -1.52. The molecule has 11 nitrogen and oxygen atoms in total. The number of hydrogen-bond donors (Lipinski definition) is 6. The van der Waals surface area contributed by atoms with Crippen molar-refractivity contribution < 1.29 is 54.6 Å². The van der Waals surface area contributed by atoms with Gasteiger partial charge in [-0.15, -0.1) is 0 Å². The normalized spacial score (nSPS) is 20.2. The van der Waals surface area contributed by atoms with Crippen LogP contribution >= 0.6 is 0 Å². The van der Waals surface area contributed by atoms with Crippen molar-refractivity contribution in [1.82, 2.24) is 0 Å². The number of rotatable bonds is 3. The predicted molar refractivity (Wildman–Crippen MR) is 169 cm³/mol. The highest BCUT2D eigenvalue weighted by Gasteiger charge is 2.59. The second kappa shape index (κ2) is 9.68. The van der Waals surface area contributed by atoms with Gasteiger partial charge in [-0.25, -0.2) is 9.59 Å². The molecule has 3 aliphatic rings. The van der Waals surface area contributed by atoms with Gasteiger partial charge >= 0.3 is 11.9 Å². The predicted octanol–water partition coefficient (Wildman–Crippen LogP) is 5.25. The second-order valence-electron chi connectivity index (χ2n) is 12.8. The van der Waals surface area contributed by atoms with Crippen LogP contribution < -0.4 is 0 Å². The maximum atomic E-state index is 14.5. The largest absolute Gasteiger partial charge is 0.507 e. The number of ether oxygens (including phenoxy) is 1. The number of hydrogen-bond acceptors (Lipinski definition) is 9. The number of fused-ring (bicyclic) bond motifs is 7. The van der Waals surface area contributed by atoms with E-state index in [1.807, 2.05) is 0 Å². The summed E-state index contributed by atoms with van der Waals surface area (Å²) in [5.74, 6) is -6.07. The molecule has 0 bridgehead atoms. The van der Waals surface area contributed by atoms with E-state index in [9.17, 15) is 49.8 Å². The highest BCUT2D eigenvalue weighted by molar-refractivity contribution is 6.19. The standard InChI is InChI=1S/C37H30O11/c1-13-6-7-17-27(30(13)40)32(42)23-15(3)25(34(44)45)21(38)11-18(23)36(17)8-9-37(48-5)19-12-22(39)26(35(46)47)16(4)24(19)33(43)28-29(37)20(36)10-14(2)31(28)41/h6-7,10-12,38-41H,8-9H2,1-5H3,(H,44,45)(H,46,47)/t36-,37?/m1/s1. The van der Waals surface area contributed by atoms with E-state index < -0.39 is 57.1 Å². The van der Waals surface area contributed by atoms with E-state index in [0.29, 0.717) is 16.7 Å². The summed E-state index contributed by atoms with van der Waals surface area (Å²) in [7, 11) is 1.40. The van der Waals surface area contributed by atoms with E-state index in [0.717, 1.165) is 0 Å². The Bertz CT molecular complexity index is 2260. The highest BCUT2D eigenvalue weighted by atomic mass is 16.5. The Kier molecular flexibility index (Phi) is 6.24. The van der Waals surface area contributed by atoms with E-state index in [1.54, 1.807) is 32.0 Å². The third-order valence-electron chi connectivity index (χ3n) is 10.7. The average Bonchev–Trinajstić information content (AvgIpc) is 3.00. The zero-order valence-electron chi connectivity index (χ0n) is 26.5. The maximum Gasteiger partial charge on any atom is 0.339 e. The number of aromatic carboxylic acids is 2. The fourth-order valence-corrected chi connectivity index (χ4v) is 8.61. The summed E-state index contributed by atoms with van der Waals surface area (Å²) in [6.07, 6.45) is 0.145. The van der Waals surface area contributed by atoms with Crippen LogP contribution in [0.15, 0.2) is 30.3 Å². The lowest BCUT2D eigenvalue weighted by Crippen LogP contribution is -2.49. The summed E-state index contributed by atoms with van der Waals surface area (Å²) in [4.78, 5) is 53.3. The van der Waals surface area contributed by atoms with Gasteiger partial charge in [0.25, 0.3) is 0 Å². The molecule has 0 fully saturated rings. The topological polar surface area (TPSA) is 199 Å². The van der Waals surface area contributed by atoms with E-state index in [-0.39, 0.29) is 80.0 Å². The van der Waals surface area contributed by atoms with Gasteiger partial charge in [0.15, 0.2) is 11.6 Å². The van der Waals surface area contributed by atoms with Crippen molar-refractivity contribution >= 4 is 23.5 Å². The molecule has 0 heterocycles. The summed E-state index contributed by atoms with van der Waals surface area (Å²) >= 11 is 0. The molecule has 0 aliphatic heterocycles. The molecule has 2 atom stereocenters. The molecule has 0 amide bonds. The van der Waals surface area contributed by atoms with Crippen LogP contribution in [-0.4, -0.2) is 61.3 Å². The minimum Gasteiger partial charge on any atom is -0.507 e. The van der Waals surface area contributed by atoms with Gasteiger partial charge in [0.2, 0.25) is 0 Å². The Labute approximate surface area is 273 Å². The molecule has 6 N–H and O–H groups in total. The molecule has 0 aromatic heterocycles. The maximum absolute atomic E-state index is 14.5. The van der Waals surface area contributed by atoms with Crippen molar-refractivity contribution in [2.24, 2.45) is 0 Å². The van der Waals surface area contributed by atoms with Gasteiger partial charge in [-0.05, 0) is 91.6 Å². The molecule has 1 spiro atoms. The lowest BCUT2D eigenvalue weighted by atomic mass is 9.51. The zero-order chi connectivity index (χ0) is 34.9. The van der Waals surface area contributed by atoms with Crippen molar-refractivity contribution in [3.63, 3.8) is 0 Å². The third-order valence-corrected chi connectivity index (χ3v) is 10.7. The lowest BCUT2D eigenvalue weighted by Gasteiger charge is -2.53. The molecule has 3 aliphatic carbocycles. The third kappa shape index (κ3) is 3.40. The molecular formula is C37H30O11. The number of aryl methyl sites for hydroxylation is 2. The van der Waals surface area contributed by atoms with Crippen molar-refractivity contribution in [3.8, 4) is 23.0 Å². The molecule has 244 valence electrons. The van der Waals surface area contributed by atoms with Crippen LogP contribution in [0, 0.1) is 27.7 Å². The average molecular weight is 651 g/mol. The number of phenolic OH excluding ortho intramolecular Hbond substituents is 2. The number of carbonyl (C=O) groups excluding carboxylic acids is 2. The van der Waals surface area contributed by atoms with Gasteiger partial charge in [0.1, 0.15) is 39.7 Å². The molecule has 1 unspecified atom stereocenters. The van der Waals surface area contributed by atoms with Gasteiger partial charge in [0, 0.05) is 34.8 Å². The van der Waals surface area contributed by atoms with Crippen molar-refractivity contribution in [2.45, 2.75) is 51.6 Å². The molecule has 0 saturated carbocycles. The van der Waals surface area contributed by atoms with E-state index in [1.165, 1.54) is 33.1 Å². The Hall–Kier alpha value is -5.68. The quantitative estimate of drug-likeness (QED) is 0.169. The minimum absolute atomic E-state index is 0.00610. The Morgan fingerprint density at radius 1 is 0.646 bits per heavy atom. The van der Waals surface area contributed by atoms with Gasteiger partial charge in [-0.2, -0.15) is 0 Å². The number of carbonyl (C=O) groups is 4. The van der Waals surface area contributed by atoms with Crippen molar-refractivity contribution in [2.75, 3.05) is 7.11 Å². The van der Waals surface area contributed by atoms with Crippen LogP contribution in [0.25, 0.3) is 0 Å². The van der Waals surface area contributed by atoms with Crippen LogP contribution in [0.5, 0.6) is 23.0 Å². The van der Waals surface area contributed by atoms with Crippen molar-refractivity contribution in [3.05, 3.63) is 114 Å². The van der Waals surface area contributed by atoms with Gasteiger partial charge in [0.05, 0.1) is 11.1 Å². The highest BCUT2D eigenvalue weighted by Crippen LogP contribution is 2.63. The Balaban J connectivity index is 1.71. The number of carboxylic acids is 2. The summed E-state index contributed by atoms with van der Waals surface area (Å²) in [6, 6.07) is 7.41. The molecule has 11 heteroatoms. The van der Waals surface area contributed by atoms with E-state index in [2.05, 4.69) is 0 Å². The van der Waals surface area contributed by atoms with Crippen LogP contribution in [0.2, 0.25) is 0 Å². The number of phenols is 4. The molecule has 4 aromatic carbocycles.